The van der Waals surface area contributed by atoms with Crippen LogP contribution in [0.2, 0.25) is 0 Å². The molecule has 29 heavy (non-hydrogen) atoms. The van der Waals surface area contributed by atoms with E-state index >= 15 is 0 Å². The molecular weight excluding hydrogens is 406 g/mol. The molecule has 1 heterocycles. The first-order chi connectivity index (χ1) is 14.0. The van der Waals surface area contributed by atoms with E-state index in [1.165, 1.54) is 42.7 Å². The maximum atomic E-state index is 12.4. The van der Waals surface area contributed by atoms with Gasteiger partial charge in [0.1, 0.15) is 0 Å². The Morgan fingerprint density at radius 3 is 2.48 bits per heavy atom. The quantitative estimate of drug-likeness (QED) is 0.378. The number of ether oxygens (including phenoxy) is 1. The van der Waals surface area contributed by atoms with Crippen LogP contribution in [0, 0.1) is 0 Å². The number of carbonyl (C=O) groups is 2. The van der Waals surface area contributed by atoms with Gasteiger partial charge in [-0.3, -0.25) is 10.1 Å². The number of rotatable bonds is 3. The lowest BCUT2D eigenvalue weighted by atomic mass is 10.1. The van der Waals surface area contributed by atoms with E-state index in [4.69, 9.17) is 12.2 Å². The molecule has 0 saturated heterocycles. The molecule has 1 aromatic heterocycles. The third kappa shape index (κ3) is 3.94. The molecule has 8 heteroatoms. The van der Waals surface area contributed by atoms with Crippen LogP contribution >= 0.6 is 23.6 Å². The summed E-state index contributed by atoms with van der Waals surface area (Å²) in [6.07, 6.45) is 0. The van der Waals surface area contributed by atoms with Crippen LogP contribution in [0.4, 0.5) is 5.13 Å². The molecule has 4 aromatic rings. The van der Waals surface area contributed by atoms with E-state index < -0.39 is 5.97 Å². The summed E-state index contributed by atoms with van der Waals surface area (Å²) in [4.78, 5) is 28.4. The number of carbonyl (C=O) groups excluding carboxylic acids is 2. The van der Waals surface area contributed by atoms with Gasteiger partial charge in [0.25, 0.3) is 5.91 Å². The van der Waals surface area contributed by atoms with E-state index in [-0.39, 0.29) is 11.0 Å². The standard InChI is InChI=1S/C21H15N3O3S2/c1-27-19(26)14-8-6-13(7-9-14)18(25)23-20(28)24-21-22-16-11-10-12-4-2-3-5-15(12)17(16)29-21/h2-11H,1H3,(H2,22,23,24,25,28). The minimum Gasteiger partial charge on any atom is -0.465 e. The number of amides is 1. The van der Waals surface area contributed by atoms with Crippen molar-refractivity contribution >= 4 is 66.7 Å². The zero-order chi connectivity index (χ0) is 20.4. The fraction of sp³-hybridized carbons (Fsp3) is 0.0476. The number of benzene rings is 3. The summed E-state index contributed by atoms with van der Waals surface area (Å²) in [5.41, 5.74) is 1.60. The van der Waals surface area contributed by atoms with Crippen LogP contribution in [0.1, 0.15) is 20.7 Å². The van der Waals surface area contributed by atoms with Gasteiger partial charge >= 0.3 is 5.97 Å². The highest BCUT2D eigenvalue weighted by Crippen LogP contribution is 2.32. The number of nitrogens with one attached hydrogen (secondary N) is 2. The third-order valence-corrected chi connectivity index (χ3v) is 5.52. The summed E-state index contributed by atoms with van der Waals surface area (Å²) in [5, 5.41) is 8.60. The van der Waals surface area contributed by atoms with Crippen LogP contribution < -0.4 is 10.6 Å². The molecule has 0 aliphatic rings. The zero-order valence-corrected chi connectivity index (χ0v) is 16.9. The van der Waals surface area contributed by atoms with Crippen LogP contribution in [0.25, 0.3) is 21.0 Å². The highest BCUT2D eigenvalue weighted by molar-refractivity contribution is 7.80. The van der Waals surface area contributed by atoms with Crippen molar-refractivity contribution in [2.45, 2.75) is 0 Å². The summed E-state index contributed by atoms with van der Waals surface area (Å²) in [6, 6.07) is 18.2. The van der Waals surface area contributed by atoms with Crippen LogP contribution in [-0.4, -0.2) is 29.1 Å². The Labute approximate surface area is 175 Å². The van der Waals surface area contributed by atoms with Crippen molar-refractivity contribution in [2.24, 2.45) is 0 Å². The topological polar surface area (TPSA) is 80.3 Å². The number of nitrogens with zero attached hydrogens (tertiary/aromatic N) is 1. The number of thiocarbonyl (C=S) groups is 1. The number of methoxy groups -OCH3 is 1. The van der Waals surface area contributed by atoms with Gasteiger partial charge in [-0.2, -0.15) is 0 Å². The van der Waals surface area contributed by atoms with Crippen molar-refractivity contribution in [3.63, 3.8) is 0 Å². The number of fused-ring (bicyclic) bond motifs is 3. The molecule has 0 unspecified atom stereocenters. The first-order valence-corrected chi connectivity index (χ1v) is 9.86. The highest BCUT2D eigenvalue weighted by Gasteiger charge is 2.12. The van der Waals surface area contributed by atoms with Crippen LogP contribution in [0.15, 0.2) is 60.7 Å². The Morgan fingerprint density at radius 1 is 1.00 bits per heavy atom. The van der Waals surface area contributed by atoms with Gasteiger partial charge in [0, 0.05) is 10.9 Å². The molecular formula is C21H15N3O3S2. The fourth-order valence-electron chi connectivity index (χ4n) is 2.89. The molecule has 0 atom stereocenters. The summed E-state index contributed by atoms with van der Waals surface area (Å²) in [7, 11) is 1.30. The number of hydrogen-bond donors (Lipinski definition) is 2. The Balaban J connectivity index is 1.47. The van der Waals surface area contributed by atoms with Crippen molar-refractivity contribution in [2.75, 3.05) is 12.4 Å². The molecule has 4 rings (SSSR count). The predicted molar refractivity (Wildman–Crippen MR) is 119 cm³/mol. The first-order valence-electron chi connectivity index (χ1n) is 8.64. The van der Waals surface area contributed by atoms with Gasteiger partial charge in [0.15, 0.2) is 10.2 Å². The molecule has 0 aliphatic heterocycles. The summed E-state index contributed by atoms with van der Waals surface area (Å²) in [6.45, 7) is 0. The lowest BCUT2D eigenvalue weighted by molar-refractivity contribution is 0.0600. The second kappa shape index (κ2) is 7.94. The van der Waals surface area contributed by atoms with Crippen molar-refractivity contribution in [3.8, 4) is 0 Å². The van der Waals surface area contributed by atoms with Gasteiger partial charge in [0.2, 0.25) is 0 Å². The summed E-state index contributed by atoms with van der Waals surface area (Å²) >= 11 is 6.72. The van der Waals surface area contributed by atoms with E-state index in [0.29, 0.717) is 16.3 Å². The average Bonchev–Trinajstić information content (AvgIpc) is 3.16. The monoisotopic (exact) mass is 421 g/mol. The smallest absolute Gasteiger partial charge is 0.337 e. The Bertz CT molecular complexity index is 1250. The van der Waals surface area contributed by atoms with Gasteiger partial charge < -0.3 is 10.1 Å². The van der Waals surface area contributed by atoms with Crippen LogP contribution in [0.5, 0.6) is 0 Å². The summed E-state index contributed by atoms with van der Waals surface area (Å²) in [5.74, 6) is -0.844. The van der Waals surface area contributed by atoms with E-state index in [1.54, 1.807) is 0 Å². The van der Waals surface area contributed by atoms with Crippen molar-refractivity contribution in [1.82, 2.24) is 10.3 Å². The Kier molecular flexibility index (Phi) is 5.20. The van der Waals surface area contributed by atoms with Gasteiger partial charge in [-0.15, -0.1) is 0 Å². The zero-order valence-electron chi connectivity index (χ0n) is 15.3. The van der Waals surface area contributed by atoms with Gasteiger partial charge in [-0.05, 0) is 47.9 Å². The van der Waals surface area contributed by atoms with Crippen molar-refractivity contribution < 1.29 is 14.3 Å². The molecule has 2 N–H and O–H groups in total. The maximum Gasteiger partial charge on any atom is 0.337 e. The van der Waals surface area contributed by atoms with Crippen LogP contribution in [-0.2, 0) is 4.74 Å². The van der Waals surface area contributed by atoms with Crippen molar-refractivity contribution in [1.29, 1.82) is 0 Å². The highest BCUT2D eigenvalue weighted by atomic mass is 32.1. The van der Waals surface area contributed by atoms with Gasteiger partial charge in [-0.25, -0.2) is 9.78 Å². The molecule has 0 fully saturated rings. The minimum absolute atomic E-state index is 0.149. The molecule has 0 aliphatic carbocycles. The molecule has 0 spiro atoms. The normalized spacial score (nSPS) is 10.7. The van der Waals surface area contributed by atoms with E-state index in [2.05, 4.69) is 32.5 Å². The fourth-order valence-corrected chi connectivity index (χ4v) is 4.15. The average molecular weight is 422 g/mol. The Hall–Kier alpha value is -3.36. The SMILES string of the molecule is COC(=O)c1ccc(C(=O)NC(=S)Nc2nc3ccc4ccccc4c3s2)cc1. The predicted octanol–water partition coefficient (Wildman–Crippen LogP) is 4.36. The number of hydrogen-bond acceptors (Lipinski definition) is 6. The molecule has 0 radical (unpaired) electrons. The minimum atomic E-state index is -0.461. The van der Waals surface area contributed by atoms with E-state index in [0.717, 1.165) is 21.0 Å². The maximum absolute atomic E-state index is 12.4. The molecule has 0 bridgehead atoms. The van der Waals surface area contributed by atoms with Crippen LogP contribution in [0.3, 0.4) is 0 Å². The van der Waals surface area contributed by atoms with E-state index in [9.17, 15) is 9.59 Å². The largest absolute Gasteiger partial charge is 0.465 e. The molecule has 0 saturated carbocycles. The molecule has 3 aromatic carbocycles. The number of esters is 1. The molecule has 6 nitrogen and oxygen atoms in total. The molecule has 144 valence electrons. The summed E-state index contributed by atoms with van der Waals surface area (Å²) < 4.78 is 5.70. The second-order valence-electron chi connectivity index (χ2n) is 6.13. The Morgan fingerprint density at radius 2 is 1.72 bits per heavy atom. The van der Waals surface area contributed by atoms with Gasteiger partial charge in [-0.1, -0.05) is 41.7 Å². The number of thiazole rings is 1. The second-order valence-corrected chi connectivity index (χ2v) is 7.54. The first kappa shape index (κ1) is 19.0. The third-order valence-electron chi connectivity index (χ3n) is 4.30. The number of aromatic nitrogens is 1. The lowest BCUT2D eigenvalue weighted by Gasteiger charge is -2.07. The lowest BCUT2D eigenvalue weighted by Crippen LogP contribution is -2.34. The van der Waals surface area contributed by atoms with Gasteiger partial charge in [0.05, 0.1) is 22.9 Å². The number of anilines is 1. The van der Waals surface area contributed by atoms with E-state index in [1.807, 2.05) is 24.3 Å². The molecule has 1 amide bonds. The van der Waals surface area contributed by atoms with Crippen molar-refractivity contribution in [3.05, 3.63) is 71.8 Å².